The summed E-state index contributed by atoms with van der Waals surface area (Å²) in [4.78, 5) is 2.48. The van der Waals surface area contributed by atoms with E-state index in [0.29, 0.717) is 5.41 Å². The van der Waals surface area contributed by atoms with Crippen LogP contribution in [0.3, 0.4) is 0 Å². The average molecular weight is 224 g/mol. The maximum absolute atomic E-state index is 5.56. The molecule has 3 saturated heterocycles. The van der Waals surface area contributed by atoms with Crippen molar-refractivity contribution in [3.8, 4) is 0 Å². The van der Waals surface area contributed by atoms with Gasteiger partial charge in [-0.25, -0.2) is 0 Å². The third-order valence-corrected chi connectivity index (χ3v) is 4.89. The fourth-order valence-electron chi connectivity index (χ4n) is 3.78. The number of likely N-dealkylation sites (tertiary alicyclic amines) is 1. The van der Waals surface area contributed by atoms with Crippen LogP contribution in [-0.2, 0) is 4.74 Å². The summed E-state index contributed by atoms with van der Waals surface area (Å²) in [6.45, 7) is 7.11. The summed E-state index contributed by atoms with van der Waals surface area (Å²) >= 11 is 0. The molecule has 3 aliphatic rings. The van der Waals surface area contributed by atoms with E-state index in [1.807, 2.05) is 0 Å². The molecule has 0 aromatic carbocycles. The lowest BCUT2D eigenvalue weighted by Crippen LogP contribution is -2.50. The Bertz CT molecular complexity index is 246. The third kappa shape index (κ3) is 1.89. The van der Waals surface area contributed by atoms with Crippen molar-refractivity contribution in [3.63, 3.8) is 0 Å². The molecule has 0 amide bonds. The maximum Gasteiger partial charge on any atom is 0.0548 e. The van der Waals surface area contributed by atoms with Crippen LogP contribution in [0.4, 0.5) is 0 Å². The van der Waals surface area contributed by atoms with Crippen LogP contribution < -0.4 is 5.32 Å². The molecule has 0 aromatic rings. The summed E-state index contributed by atoms with van der Waals surface area (Å²) in [6.07, 6.45) is 4.17. The smallest absolute Gasteiger partial charge is 0.0548 e. The minimum atomic E-state index is 0.543. The molecule has 3 nitrogen and oxygen atoms in total. The van der Waals surface area contributed by atoms with Crippen LogP contribution in [0.25, 0.3) is 0 Å². The Morgan fingerprint density at radius 2 is 2.25 bits per heavy atom. The van der Waals surface area contributed by atoms with E-state index >= 15 is 0 Å². The van der Waals surface area contributed by atoms with E-state index in [-0.39, 0.29) is 0 Å². The molecule has 0 saturated carbocycles. The molecule has 3 rings (SSSR count). The van der Waals surface area contributed by atoms with Gasteiger partial charge < -0.3 is 15.0 Å². The largest absolute Gasteiger partial charge is 0.380 e. The van der Waals surface area contributed by atoms with Gasteiger partial charge in [-0.05, 0) is 57.8 Å². The standard InChI is InChI=1S/C13H24N2O/c1-15-5-3-12(8-15)13(9-16-10-13)6-11-2-4-14-7-11/h11-12,14H,2-10H2,1H3. The molecule has 3 fully saturated rings. The molecular weight excluding hydrogens is 200 g/mol. The van der Waals surface area contributed by atoms with Crippen LogP contribution in [0, 0.1) is 17.3 Å². The predicted molar refractivity (Wildman–Crippen MR) is 64.4 cm³/mol. The second kappa shape index (κ2) is 4.28. The molecule has 1 N–H and O–H groups in total. The summed E-state index contributed by atoms with van der Waals surface area (Å²) in [7, 11) is 2.25. The zero-order valence-corrected chi connectivity index (χ0v) is 10.4. The summed E-state index contributed by atoms with van der Waals surface area (Å²) < 4.78 is 5.56. The Balaban J connectivity index is 1.63. The fourth-order valence-corrected chi connectivity index (χ4v) is 3.78. The number of hydrogen-bond acceptors (Lipinski definition) is 3. The van der Waals surface area contributed by atoms with Gasteiger partial charge in [0.15, 0.2) is 0 Å². The van der Waals surface area contributed by atoms with Crippen molar-refractivity contribution in [3.05, 3.63) is 0 Å². The van der Waals surface area contributed by atoms with Gasteiger partial charge in [0.05, 0.1) is 13.2 Å². The van der Waals surface area contributed by atoms with E-state index < -0.39 is 0 Å². The molecule has 3 heteroatoms. The van der Waals surface area contributed by atoms with Gasteiger partial charge in [0.25, 0.3) is 0 Å². The van der Waals surface area contributed by atoms with Gasteiger partial charge in [-0.2, -0.15) is 0 Å². The Hall–Kier alpha value is -0.120. The Kier molecular flexibility index (Phi) is 2.94. The topological polar surface area (TPSA) is 24.5 Å². The molecule has 0 bridgehead atoms. The van der Waals surface area contributed by atoms with E-state index in [4.69, 9.17) is 4.74 Å². The quantitative estimate of drug-likeness (QED) is 0.772. The van der Waals surface area contributed by atoms with Crippen molar-refractivity contribution < 1.29 is 4.74 Å². The molecule has 3 heterocycles. The Morgan fingerprint density at radius 1 is 1.38 bits per heavy atom. The fraction of sp³-hybridized carbons (Fsp3) is 1.00. The summed E-state index contributed by atoms with van der Waals surface area (Å²) in [5.74, 6) is 1.81. The van der Waals surface area contributed by atoms with E-state index in [1.54, 1.807) is 0 Å². The monoisotopic (exact) mass is 224 g/mol. The van der Waals surface area contributed by atoms with Crippen LogP contribution in [0.15, 0.2) is 0 Å². The number of ether oxygens (including phenoxy) is 1. The average Bonchev–Trinajstić information content (AvgIpc) is 2.82. The van der Waals surface area contributed by atoms with Crippen molar-refractivity contribution in [1.82, 2.24) is 10.2 Å². The lowest BCUT2D eigenvalue weighted by atomic mass is 9.67. The highest BCUT2D eigenvalue weighted by Crippen LogP contribution is 2.46. The van der Waals surface area contributed by atoms with Crippen LogP contribution in [-0.4, -0.2) is 51.3 Å². The molecule has 92 valence electrons. The van der Waals surface area contributed by atoms with Gasteiger partial charge in [0, 0.05) is 12.0 Å². The van der Waals surface area contributed by atoms with Crippen molar-refractivity contribution in [2.45, 2.75) is 19.3 Å². The first kappa shape index (κ1) is 11.0. The molecule has 0 aliphatic carbocycles. The normalized spacial score (nSPS) is 38.8. The summed E-state index contributed by atoms with van der Waals surface area (Å²) in [6, 6.07) is 0. The lowest BCUT2D eigenvalue weighted by molar-refractivity contribution is -0.153. The zero-order valence-electron chi connectivity index (χ0n) is 10.4. The van der Waals surface area contributed by atoms with E-state index in [2.05, 4.69) is 17.3 Å². The second-order valence-corrected chi connectivity index (χ2v) is 6.17. The van der Waals surface area contributed by atoms with Gasteiger partial charge in [-0.3, -0.25) is 0 Å². The Morgan fingerprint density at radius 3 is 2.75 bits per heavy atom. The number of rotatable bonds is 3. The van der Waals surface area contributed by atoms with Gasteiger partial charge in [0.1, 0.15) is 0 Å². The minimum absolute atomic E-state index is 0.543. The molecule has 16 heavy (non-hydrogen) atoms. The van der Waals surface area contributed by atoms with Crippen molar-refractivity contribution >= 4 is 0 Å². The SMILES string of the molecule is CN1CCC(C2(CC3CCNC3)COC2)C1. The van der Waals surface area contributed by atoms with E-state index in [1.165, 1.54) is 45.4 Å². The van der Waals surface area contributed by atoms with E-state index in [9.17, 15) is 0 Å². The van der Waals surface area contributed by atoms with Crippen molar-refractivity contribution in [2.24, 2.45) is 17.3 Å². The lowest BCUT2D eigenvalue weighted by Gasteiger charge is -2.47. The third-order valence-electron chi connectivity index (χ3n) is 4.89. The van der Waals surface area contributed by atoms with Crippen LogP contribution in [0.2, 0.25) is 0 Å². The highest BCUT2D eigenvalue weighted by Gasteiger charge is 2.48. The highest BCUT2D eigenvalue weighted by molar-refractivity contribution is 4.97. The van der Waals surface area contributed by atoms with Gasteiger partial charge in [-0.1, -0.05) is 0 Å². The molecule has 2 atom stereocenters. The van der Waals surface area contributed by atoms with Gasteiger partial charge >= 0.3 is 0 Å². The first-order valence-corrected chi connectivity index (χ1v) is 6.75. The number of nitrogens with zero attached hydrogens (tertiary/aromatic N) is 1. The highest BCUT2D eigenvalue weighted by atomic mass is 16.5. The number of nitrogens with one attached hydrogen (secondary N) is 1. The predicted octanol–water partition coefficient (Wildman–Crippen LogP) is 0.954. The van der Waals surface area contributed by atoms with Gasteiger partial charge in [0.2, 0.25) is 0 Å². The molecule has 0 aromatic heterocycles. The Labute approximate surface area is 98.5 Å². The summed E-state index contributed by atoms with van der Waals surface area (Å²) in [5.41, 5.74) is 0.543. The van der Waals surface area contributed by atoms with Gasteiger partial charge in [-0.15, -0.1) is 0 Å². The summed E-state index contributed by atoms with van der Waals surface area (Å²) in [5, 5.41) is 3.49. The maximum atomic E-state index is 5.56. The van der Waals surface area contributed by atoms with Crippen LogP contribution in [0.5, 0.6) is 0 Å². The molecule has 3 aliphatic heterocycles. The van der Waals surface area contributed by atoms with Crippen molar-refractivity contribution in [2.75, 3.05) is 46.4 Å². The molecule has 0 spiro atoms. The number of hydrogen-bond donors (Lipinski definition) is 1. The first-order valence-electron chi connectivity index (χ1n) is 6.75. The van der Waals surface area contributed by atoms with Crippen molar-refractivity contribution in [1.29, 1.82) is 0 Å². The molecular formula is C13H24N2O. The molecule has 2 unspecified atom stereocenters. The second-order valence-electron chi connectivity index (χ2n) is 6.17. The van der Waals surface area contributed by atoms with Crippen LogP contribution in [0.1, 0.15) is 19.3 Å². The van der Waals surface area contributed by atoms with Crippen LogP contribution >= 0.6 is 0 Å². The van der Waals surface area contributed by atoms with E-state index in [0.717, 1.165) is 25.0 Å². The zero-order chi connectivity index (χ0) is 11.0. The molecule has 0 radical (unpaired) electrons. The minimum Gasteiger partial charge on any atom is -0.380 e. The first-order chi connectivity index (χ1) is 7.78.